The number of hydrogen-bond acceptors (Lipinski definition) is 7. The Kier molecular flexibility index (Phi) is 7.15. The monoisotopic (exact) mass is 393 g/mol. The van der Waals surface area contributed by atoms with Crippen LogP contribution in [0, 0.1) is 6.92 Å². The second-order valence-electron chi connectivity index (χ2n) is 6.12. The lowest BCUT2D eigenvalue weighted by molar-refractivity contribution is -0.138. The maximum atomic E-state index is 11.0. The van der Waals surface area contributed by atoms with Crippen LogP contribution < -0.4 is 15.9 Å². The van der Waals surface area contributed by atoms with Crippen molar-refractivity contribution in [3.8, 4) is 11.6 Å². The van der Waals surface area contributed by atoms with Gasteiger partial charge in [0, 0.05) is 18.7 Å². The third kappa shape index (κ3) is 4.95. The summed E-state index contributed by atoms with van der Waals surface area (Å²) in [6.07, 6.45) is 2.20. The maximum absolute atomic E-state index is 11.0. The predicted octanol–water partition coefficient (Wildman–Crippen LogP) is 1.12. The van der Waals surface area contributed by atoms with Gasteiger partial charge >= 0.3 is 13.1 Å². The van der Waals surface area contributed by atoms with Crippen LogP contribution in [0.3, 0.4) is 0 Å². The third-order valence-electron chi connectivity index (χ3n) is 4.14. The molecule has 144 valence electrons. The van der Waals surface area contributed by atoms with Crippen LogP contribution in [0.1, 0.15) is 35.9 Å². The van der Waals surface area contributed by atoms with Gasteiger partial charge in [-0.3, -0.25) is 4.79 Å². The Morgan fingerprint density at radius 2 is 2.22 bits per heavy atom. The van der Waals surface area contributed by atoms with Crippen LogP contribution in [0.2, 0.25) is 0 Å². The van der Waals surface area contributed by atoms with Gasteiger partial charge in [0.15, 0.2) is 0 Å². The number of hydrogen-bond donors (Lipinski definition) is 3. The molecule has 0 saturated heterocycles. The highest BCUT2D eigenvalue weighted by atomic mass is 35.5. The van der Waals surface area contributed by atoms with Crippen molar-refractivity contribution in [1.82, 2.24) is 9.97 Å². The zero-order valence-corrected chi connectivity index (χ0v) is 15.6. The fraction of sp³-hybridized carbons (Fsp3) is 0.353. The van der Waals surface area contributed by atoms with E-state index in [1.54, 1.807) is 24.4 Å². The third-order valence-corrected chi connectivity index (χ3v) is 4.14. The molecule has 1 aliphatic heterocycles. The van der Waals surface area contributed by atoms with Gasteiger partial charge in [-0.2, -0.15) is 4.98 Å². The number of carboxylic acid groups (broad SMARTS) is 1. The largest absolute Gasteiger partial charge is 0.492 e. The Morgan fingerprint density at radius 1 is 1.44 bits per heavy atom. The number of fused-ring (bicyclic) bond motifs is 1. The van der Waals surface area contributed by atoms with Crippen molar-refractivity contribution in [3.05, 3.63) is 41.3 Å². The molecule has 2 heterocycles. The molecular formula is C17H21BClN3O5. The van der Waals surface area contributed by atoms with Crippen LogP contribution in [0.5, 0.6) is 11.6 Å². The molecule has 0 amide bonds. The van der Waals surface area contributed by atoms with E-state index in [9.17, 15) is 9.82 Å². The highest BCUT2D eigenvalue weighted by Gasteiger charge is 2.37. The fourth-order valence-corrected chi connectivity index (χ4v) is 3.04. The van der Waals surface area contributed by atoms with Crippen molar-refractivity contribution < 1.29 is 24.3 Å². The average molecular weight is 394 g/mol. The average Bonchev–Trinajstić information content (AvgIpc) is 2.89. The second kappa shape index (κ2) is 9.14. The van der Waals surface area contributed by atoms with Crippen LogP contribution in [0.4, 0.5) is 0 Å². The summed E-state index contributed by atoms with van der Waals surface area (Å²) in [4.78, 5) is 19.5. The number of benzene rings is 1. The van der Waals surface area contributed by atoms with Crippen molar-refractivity contribution in [2.75, 3.05) is 6.54 Å². The van der Waals surface area contributed by atoms with Crippen molar-refractivity contribution in [3.63, 3.8) is 0 Å². The molecule has 4 N–H and O–H groups in total. The lowest BCUT2D eigenvalue weighted by atomic mass is 9.77. The normalized spacial score (nSPS) is 15.2. The Hall–Kier alpha value is -2.20. The molecule has 2 aromatic rings. The summed E-state index contributed by atoms with van der Waals surface area (Å²) in [5, 5.41) is 19.1. The van der Waals surface area contributed by atoms with E-state index in [1.165, 1.54) is 0 Å². The molecular weight excluding hydrogens is 372 g/mol. The molecule has 0 radical (unpaired) electrons. The number of aromatic nitrogens is 2. The van der Waals surface area contributed by atoms with Gasteiger partial charge in [0.1, 0.15) is 11.6 Å². The molecule has 0 spiro atoms. The Morgan fingerprint density at radius 3 is 2.93 bits per heavy atom. The van der Waals surface area contributed by atoms with Gasteiger partial charge in [-0.1, -0.05) is 0 Å². The number of rotatable bonds is 7. The van der Waals surface area contributed by atoms with Crippen LogP contribution in [0.15, 0.2) is 24.4 Å². The minimum atomic E-state index is -1.18. The summed E-state index contributed by atoms with van der Waals surface area (Å²) < 4.78 is 11.2. The maximum Gasteiger partial charge on any atom is 0.492 e. The molecule has 0 aliphatic carbocycles. The number of carboxylic acids is 1. The lowest BCUT2D eigenvalue weighted by Crippen LogP contribution is -2.28. The number of aryl methyl sites for hydroxylation is 2. The minimum Gasteiger partial charge on any atom is -0.481 e. The number of halogens is 1. The van der Waals surface area contributed by atoms with Crippen LogP contribution in [-0.4, -0.2) is 39.7 Å². The summed E-state index contributed by atoms with van der Waals surface area (Å²) in [5.41, 5.74) is 7.50. The van der Waals surface area contributed by atoms with Gasteiger partial charge in [-0.25, -0.2) is 4.98 Å². The molecule has 1 aromatic carbocycles. The molecule has 0 fully saturated rings. The molecule has 10 heteroatoms. The molecule has 1 unspecified atom stereocenters. The van der Waals surface area contributed by atoms with Crippen molar-refractivity contribution in [1.29, 1.82) is 0 Å². The van der Waals surface area contributed by atoms with E-state index in [4.69, 9.17) is 20.2 Å². The van der Waals surface area contributed by atoms with E-state index in [2.05, 4.69) is 9.97 Å². The molecule has 27 heavy (non-hydrogen) atoms. The summed E-state index contributed by atoms with van der Waals surface area (Å²) in [6, 6.07) is 5.07. The second-order valence-corrected chi connectivity index (χ2v) is 6.12. The number of aliphatic carboxylic acids is 1. The highest BCUT2D eigenvalue weighted by molar-refractivity contribution is 6.62. The first-order valence-corrected chi connectivity index (χ1v) is 8.37. The van der Waals surface area contributed by atoms with E-state index in [0.717, 1.165) is 12.0 Å². The summed E-state index contributed by atoms with van der Waals surface area (Å²) in [7, 11) is -1.18. The summed E-state index contributed by atoms with van der Waals surface area (Å²) in [5.74, 6) is 0.543. The van der Waals surface area contributed by atoms with Crippen LogP contribution in [-0.2, 0) is 15.9 Å². The quantitative estimate of drug-likeness (QED) is 0.597. The van der Waals surface area contributed by atoms with Crippen LogP contribution in [0.25, 0.3) is 0 Å². The Balaban J connectivity index is 0.00000261. The number of nitrogens with zero attached hydrogens (tertiary/aromatic N) is 2. The first-order chi connectivity index (χ1) is 12.5. The van der Waals surface area contributed by atoms with Crippen molar-refractivity contribution in [2.24, 2.45) is 5.73 Å². The molecule has 1 atom stereocenters. The molecule has 1 aliphatic rings. The first-order valence-electron chi connectivity index (χ1n) is 8.37. The Labute approximate surface area is 163 Å². The van der Waals surface area contributed by atoms with Gasteiger partial charge in [-0.05, 0) is 48.6 Å². The highest BCUT2D eigenvalue weighted by Crippen LogP contribution is 2.32. The Bertz CT molecular complexity index is 823. The van der Waals surface area contributed by atoms with Gasteiger partial charge in [-0.15, -0.1) is 12.4 Å². The molecule has 3 rings (SSSR count). The lowest BCUT2D eigenvalue weighted by Gasteiger charge is -2.13. The van der Waals surface area contributed by atoms with Gasteiger partial charge in [0.25, 0.3) is 0 Å². The fourth-order valence-electron chi connectivity index (χ4n) is 3.04. The van der Waals surface area contributed by atoms with Gasteiger partial charge in [0.2, 0.25) is 5.88 Å². The van der Waals surface area contributed by atoms with E-state index < -0.39 is 19.2 Å². The zero-order chi connectivity index (χ0) is 18.7. The van der Waals surface area contributed by atoms with Gasteiger partial charge < -0.3 is 25.3 Å². The van der Waals surface area contributed by atoms with Gasteiger partial charge in [0.05, 0.1) is 12.5 Å². The van der Waals surface area contributed by atoms with Crippen LogP contribution >= 0.6 is 12.4 Å². The SMILES string of the molecule is Cc1cc(Oc2ccnc(CCCN)n2)cc2c1C(CC(=O)O)OB2O.Cl. The van der Waals surface area contributed by atoms with E-state index in [1.807, 2.05) is 6.92 Å². The number of nitrogens with two attached hydrogens (primary N) is 1. The molecule has 8 nitrogen and oxygen atoms in total. The van der Waals surface area contributed by atoms with E-state index in [-0.39, 0.29) is 18.8 Å². The summed E-state index contributed by atoms with van der Waals surface area (Å²) >= 11 is 0. The number of ether oxygens (including phenoxy) is 1. The number of carbonyl (C=O) groups is 1. The molecule has 0 saturated carbocycles. The van der Waals surface area contributed by atoms with E-state index in [0.29, 0.717) is 41.4 Å². The smallest absolute Gasteiger partial charge is 0.481 e. The van der Waals surface area contributed by atoms with Crippen molar-refractivity contribution >= 4 is 31.0 Å². The predicted molar refractivity (Wildman–Crippen MR) is 102 cm³/mol. The zero-order valence-electron chi connectivity index (χ0n) is 14.8. The standard InChI is InChI=1S/C17H20BN3O5.ClH/c1-10-7-11(25-15-4-6-20-14(21-15)3-2-5-19)8-12-17(10)13(9-16(22)23)26-18(12)24;/h4,6-8,13,24H,2-3,5,9,19H2,1H3,(H,22,23);1H. The van der Waals surface area contributed by atoms with E-state index >= 15 is 0 Å². The molecule has 0 bridgehead atoms. The first kappa shape index (κ1) is 21.1. The topological polar surface area (TPSA) is 128 Å². The minimum absolute atomic E-state index is 0. The summed E-state index contributed by atoms with van der Waals surface area (Å²) in [6.45, 7) is 2.39. The van der Waals surface area contributed by atoms with Crippen molar-refractivity contribution in [2.45, 2.75) is 32.3 Å². The molecule has 1 aromatic heterocycles.